The lowest BCUT2D eigenvalue weighted by molar-refractivity contribution is -0.114. The first kappa shape index (κ1) is 14.6. The van der Waals surface area contributed by atoms with Crippen molar-refractivity contribution in [3.05, 3.63) is 11.1 Å². The maximum Gasteiger partial charge on any atom is 0.270 e. The molecule has 0 saturated carbocycles. The molecule has 1 aromatic heterocycles. The van der Waals surface area contributed by atoms with E-state index >= 15 is 0 Å². The lowest BCUT2D eigenvalue weighted by Crippen LogP contribution is -2.25. The van der Waals surface area contributed by atoms with Gasteiger partial charge in [-0.05, 0) is 18.8 Å². The molecule has 18 heavy (non-hydrogen) atoms. The van der Waals surface area contributed by atoms with Crippen molar-refractivity contribution in [1.82, 2.24) is 10.3 Å². The smallest absolute Gasteiger partial charge is 0.270 e. The number of amides is 2. The fourth-order valence-corrected chi connectivity index (χ4v) is 2.13. The van der Waals surface area contributed by atoms with Gasteiger partial charge < -0.3 is 10.6 Å². The van der Waals surface area contributed by atoms with Crippen LogP contribution in [0.5, 0.6) is 0 Å². The lowest BCUT2D eigenvalue weighted by atomic mass is 10.1. The molecule has 0 aliphatic carbocycles. The van der Waals surface area contributed by atoms with Crippen molar-refractivity contribution in [2.24, 2.45) is 5.92 Å². The van der Waals surface area contributed by atoms with Crippen LogP contribution in [0, 0.1) is 5.92 Å². The SMILES string of the molecule is CC(=O)Nc1nc(C(=O)NCCCC(C)C)cs1. The third-order valence-corrected chi connectivity index (χ3v) is 3.02. The maximum atomic E-state index is 11.7. The van der Waals surface area contributed by atoms with Crippen molar-refractivity contribution in [1.29, 1.82) is 0 Å². The number of aromatic nitrogens is 1. The highest BCUT2D eigenvalue weighted by Crippen LogP contribution is 2.15. The van der Waals surface area contributed by atoms with E-state index in [1.807, 2.05) is 0 Å². The van der Waals surface area contributed by atoms with Crippen molar-refractivity contribution in [3.63, 3.8) is 0 Å². The van der Waals surface area contributed by atoms with Crippen LogP contribution in [0.4, 0.5) is 5.13 Å². The standard InChI is InChI=1S/C12H19N3O2S/c1-8(2)5-4-6-13-11(17)10-7-18-12(15-10)14-9(3)16/h7-8H,4-6H2,1-3H3,(H,13,17)(H,14,15,16). The quantitative estimate of drug-likeness (QED) is 0.778. The Kier molecular flexibility index (Phi) is 5.77. The van der Waals surface area contributed by atoms with E-state index in [4.69, 9.17) is 0 Å². The number of hydrogen-bond acceptors (Lipinski definition) is 4. The number of carbonyl (C=O) groups is 2. The zero-order valence-electron chi connectivity index (χ0n) is 10.9. The van der Waals surface area contributed by atoms with Crippen LogP contribution in [0.15, 0.2) is 5.38 Å². The molecule has 1 aromatic rings. The summed E-state index contributed by atoms with van der Waals surface area (Å²) in [7, 11) is 0. The van der Waals surface area contributed by atoms with Gasteiger partial charge in [0.05, 0.1) is 0 Å². The Morgan fingerprint density at radius 3 is 2.78 bits per heavy atom. The first-order chi connectivity index (χ1) is 8.49. The normalized spacial score (nSPS) is 10.4. The molecule has 0 saturated heterocycles. The van der Waals surface area contributed by atoms with Gasteiger partial charge in [0.15, 0.2) is 5.13 Å². The van der Waals surface area contributed by atoms with Gasteiger partial charge in [0.1, 0.15) is 5.69 Å². The van der Waals surface area contributed by atoms with Crippen LogP contribution in [0.25, 0.3) is 0 Å². The van der Waals surface area contributed by atoms with Gasteiger partial charge >= 0.3 is 0 Å². The molecule has 0 aliphatic heterocycles. The summed E-state index contributed by atoms with van der Waals surface area (Å²) in [5.41, 5.74) is 0.355. The Hall–Kier alpha value is -1.43. The summed E-state index contributed by atoms with van der Waals surface area (Å²) in [4.78, 5) is 26.6. The van der Waals surface area contributed by atoms with E-state index in [1.165, 1.54) is 18.3 Å². The van der Waals surface area contributed by atoms with E-state index in [-0.39, 0.29) is 11.8 Å². The molecule has 0 atom stereocenters. The lowest BCUT2D eigenvalue weighted by Gasteiger charge is -2.05. The second kappa shape index (κ2) is 7.10. The molecule has 0 aromatic carbocycles. The molecular weight excluding hydrogens is 250 g/mol. The van der Waals surface area contributed by atoms with Crippen molar-refractivity contribution in [2.75, 3.05) is 11.9 Å². The molecule has 0 fully saturated rings. The minimum absolute atomic E-state index is 0.187. The Labute approximate surface area is 111 Å². The molecule has 5 nitrogen and oxygen atoms in total. The monoisotopic (exact) mass is 269 g/mol. The second-order valence-corrected chi connectivity index (χ2v) is 5.37. The van der Waals surface area contributed by atoms with E-state index in [0.29, 0.717) is 23.3 Å². The topological polar surface area (TPSA) is 71.1 Å². The maximum absolute atomic E-state index is 11.7. The Morgan fingerprint density at radius 2 is 2.17 bits per heavy atom. The Bertz CT molecular complexity index is 415. The predicted octanol–water partition coefficient (Wildman–Crippen LogP) is 2.27. The fraction of sp³-hybridized carbons (Fsp3) is 0.583. The number of anilines is 1. The first-order valence-electron chi connectivity index (χ1n) is 6.00. The van der Waals surface area contributed by atoms with E-state index in [9.17, 15) is 9.59 Å². The highest BCUT2D eigenvalue weighted by Gasteiger charge is 2.10. The number of nitrogens with one attached hydrogen (secondary N) is 2. The molecule has 2 amide bonds. The van der Waals surface area contributed by atoms with E-state index in [0.717, 1.165) is 12.8 Å². The molecule has 0 radical (unpaired) electrons. The molecule has 100 valence electrons. The van der Waals surface area contributed by atoms with Gasteiger partial charge in [-0.15, -0.1) is 11.3 Å². The highest BCUT2D eigenvalue weighted by molar-refractivity contribution is 7.14. The predicted molar refractivity (Wildman–Crippen MR) is 72.8 cm³/mol. The number of carbonyl (C=O) groups excluding carboxylic acids is 2. The summed E-state index contributed by atoms with van der Waals surface area (Å²) in [6.07, 6.45) is 2.06. The van der Waals surface area contributed by atoms with Crippen LogP contribution in [0.3, 0.4) is 0 Å². The molecule has 2 N–H and O–H groups in total. The highest BCUT2D eigenvalue weighted by atomic mass is 32.1. The van der Waals surface area contributed by atoms with Gasteiger partial charge in [0.25, 0.3) is 5.91 Å². The average Bonchev–Trinajstić information content (AvgIpc) is 2.71. The van der Waals surface area contributed by atoms with Crippen molar-refractivity contribution < 1.29 is 9.59 Å². The first-order valence-corrected chi connectivity index (χ1v) is 6.88. The molecular formula is C12H19N3O2S. The number of hydrogen-bond donors (Lipinski definition) is 2. The summed E-state index contributed by atoms with van der Waals surface area (Å²) in [6, 6.07) is 0. The molecule has 0 unspecified atom stereocenters. The summed E-state index contributed by atoms with van der Waals surface area (Å²) >= 11 is 1.25. The molecule has 0 bridgehead atoms. The van der Waals surface area contributed by atoms with Crippen LogP contribution >= 0.6 is 11.3 Å². The van der Waals surface area contributed by atoms with Crippen LogP contribution in [0.1, 0.15) is 44.1 Å². The van der Waals surface area contributed by atoms with Crippen LogP contribution < -0.4 is 10.6 Å². The van der Waals surface area contributed by atoms with E-state index in [1.54, 1.807) is 5.38 Å². The molecule has 0 aliphatic rings. The van der Waals surface area contributed by atoms with Crippen molar-refractivity contribution in [3.8, 4) is 0 Å². The zero-order chi connectivity index (χ0) is 13.5. The summed E-state index contributed by atoms with van der Waals surface area (Å²) in [6.45, 7) is 6.38. The van der Waals surface area contributed by atoms with Crippen molar-refractivity contribution in [2.45, 2.75) is 33.6 Å². The van der Waals surface area contributed by atoms with Gasteiger partial charge in [-0.2, -0.15) is 0 Å². The third kappa shape index (κ3) is 5.27. The minimum atomic E-state index is -0.188. The number of rotatable bonds is 6. The summed E-state index contributed by atoms with van der Waals surface area (Å²) in [5.74, 6) is 0.271. The largest absolute Gasteiger partial charge is 0.351 e. The van der Waals surface area contributed by atoms with Gasteiger partial charge in [0, 0.05) is 18.8 Å². The molecule has 6 heteroatoms. The summed E-state index contributed by atoms with van der Waals surface area (Å²) in [5, 5.41) is 7.46. The van der Waals surface area contributed by atoms with Crippen LogP contribution in [-0.2, 0) is 4.79 Å². The van der Waals surface area contributed by atoms with Gasteiger partial charge in [-0.1, -0.05) is 13.8 Å². The molecule has 1 rings (SSSR count). The van der Waals surface area contributed by atoms with Gasteiger partial charge in [0.2, 0.25) is 5.91 Å². The van der Waals surface area contributed by atoms with E-state index in [2.05, 4.69) is 29.5 Å². The fourth-order valence-electron chi connectivity index (χ4n) is 1.39. The van der Waals surface area contributed by atoms with Crippen LogP contribution in [-0.4, -0.2) is 23.3 Å². The molecule has 0 spiro atoms. The Morgan fingerprint density at radius 1 is 1.44 bits per heavy atom. The van der Waals surface area contributed by atoms with E-state index < -0.39 is 0 Å². The van der Waals surface area contributed by atoms with Gasteiger partial charge in [-0.3, -0.25) is 9.59 Å². The third-order valence-electron chi connectivity index (χ3n) is 2.26. The number of thiazole rings is 1. The van der Waals surface area contributed by atoms with Crippen LogP contribution in [0.2, 0.25) is 0 Å². The second-order valence-electron chi connectivity index (χ2n) is 4.51. The zero-order valence-corrected chi connectivity index (χ0v) is 11.8. The summed E-state index contributed by atoms with van der Waals surface area (Å²) < 4.78 is 0. The average molecular weight is 269 g/mol. The molecule has 1 heterocycles. The van der Waals surface area contributed by atoms with Gasteiger partial charge in [-0.25, -0.2) is 4.98 Å². The Balaban J connectivity index is 2.37. The van der Waals surface area contributed by atoms with Crippen molar-refractivity contribution >= 4 is 28.3 Å². The minimum Gasteiger partial charge on any atom is -0.351 e. The number of nitrogens with zero attached hydrogens (tertiary/aromatic N) is 1.